The molecule has 1 saturated heterocycles. The number of nitrogens with one attached hydrogen (secondary N) is 1. The minimum atomic E-state index is -0.349. The second kappa shape index (κ2) is 7.77. The van der Waals surface area contributed by atoms with Gasteiger partial charge in [0.1, 0.15) is 11.6 Å². The van der Waals surface area contributed by atoms with E-state index in [9.17, 15) is 4.79 Å². The fourth-order valence-electron chi connectivity index (χ4n) is 2.68. The van der Waals surface area contributed by atoms with Gasteiger partial charge in [-0.3, -0.25) is 0 Å². The first-order valence-electron chi connectivity index (χ1n) is 8.33. The lowest BCUT2D eigenvalue weighted by atomic mass is 10.2. The summed E-state index contributed by atoms with van der Waals surface area (Å²) in [5.41, 5.74) is 1.55. The Morgan fingerprint density at radius 1 is 1.17 bits per heavy atom. The highest BCUT2D eigenvalue weighted by Gasteiger charge is 2.13. The van der Waals surface area contributed by atoms with Crippen LogP contribution in [0.15, 0.2) is 36.7 Å². The Morgan fingerprint density at radius 2 is 2.00 bits per heavy atom. The normalized spacial score (nSPS) is 13.8. The summed E-state index contributed by atoms with van der Waals surface area (Å²) in [6.45, 7) is 4.98. The van der Waals surface area contributed by atoms with Gasteiger partial charge in [-0.2, -0.15) is 0 Å². The van der Waals surface area contributed by atoms with E-state index in [4.69, 9.17) is 4.74 Å². The molecular formula is C18H22N4O2. The van der Waals surface area contributed by atoms with E-state index in [2.05, 4.69) is 32.3 Å². The van der Waals surface area contributed by atoms with Gasteiger partial charge in [0, 0.05) is 32.0 Å². The van der Waals surface area contributed by atoms with Gasteiger partial charge in [0.05, 0.1) is 12.2 Å². The van der Waals surface area contributed by atoms with E-state index in [0.29, 0.717) is 24.5 Å². The van der Waals surface area contributed by atoms with E-state index in [0.717, 1.165) is 24.5 Å². The third-order valence-electron chi connectivity index (χ3n) is 3.99. The van der Waals surface area contributed by atoms with Crippen LogP contribution >= 0.6 is 0 Å². The Kier molecular flexibility index (Phi) is 5.25. The molecule has 3 rings (SSSR count). The molecule has 0 saturated carbocycles. The van der Waals surface area contributed by atoms with Crippen LogP contribution in [0.25, 0.3) is 0 Å². The summed E-state index contributed by atoms with van der Waals surface area (Å²) in [6.07, 6.45) is 5.92. The molecule has 0 atom stereocenters. The summed E-state index contributed by atoms with van der Waals surface area (Å²) in [5.74, 6) is 1.41. The predicted molar refractivity (Wildman–Crippen MR) is 93.2 cm³/mol. The first-order valence-corrected chi connectivity index (χ1v) is 8.33. The van der Waals surface area contributed by atoms with E-state index < -0.39 is 0 Å². The second-order valence-corrected chi connectivity index (χ2v) is 5.72. The molecule has 6 heteroatoms. The van der Waals surface area contributed by atoms with Gasteiger partial charge in [0.2, 0.25) is 0 Å². The van der Waals surface area contributed by atoms with Gasteiger partial charge >= 0.3 is 5.97 Å². The Bertz CT molecular complexity index is 664. The summed E-state index contributed by atoms with van der Waals surface area (Å²) in [5, 5.41) is 3.23. The number of anilines is 2. The fourth-order valence-corrected chi connectivity index (χ4v) is 2.68. The van der Waals surface area contributed by atoms with Crippen molar-refractivity contribution in [2.75, 3.05) is 29.9 Å². The summed E-state index contributed by atoms with van der Waals surface area (Å²) in [7, 11) is 0. The third-order valence-corrected chi connectivity index (χ3v) is 3.99. The molecule has 2 aromatic heterocycles. The maximum Gasteiger partial charge on any atom is 0.339 e. The van der Waals surface area contributed by atoms with Gasteiger partial charge in [-0.05, 0) is 43.5 Å². The lowest BCUT2D eigenvalue weighted by Crippen LogP contribution is -2.18. The van der Waals surface area contributed by atoms with Gasteiger partial charge in [0.25, 0.3) is 0 Å². The molecule has 0 aromatic carbocycles. The maximum absolute atomic E-state index is 11.6. The van der Waals surface area contributed by atoms with Crippen molar-refractivity contribution in [3.05, 3.63) is 47.8 Å². The highest BCUT2D eigenvalue weighted by Crippen LogP contribution is 2.18. The topological polar surface area (TPSA) is 67.3 Å². The first kappa shape index (κ1) is 16.2. The second-order valence-electron chi connectivity index (χ2n) is 5.72. The lowest BCUT2D eigenvalue weighted by Gasteiger charge is -2.16. The Balaban J connectivity index is 1.54. The predicted octanol–water partition coefficient (Wildman–Crippen LogP) is 2.87. The summed E-state index contributed by atoms with van der Waals surface area (Å²) < 4.78 is 4.94. The van der Waals surface area contributed by atoms with E-state index in [1.54, 1.807) is 19.1 Å². The third kappa shape index (κ3) is 4.01. The van der Waals surface area contributed by atoms with E-state index in [1.807, 2.05) is 6.20 Å². The van der Waals surface area contributed by atoms with Crippen molar-refractivity contribution in [1.82, 2.24) is 9.97 Å². The van der Waals surface area contributed by atoms with Gasteiger partial charge in [-0.25, -0.2) is 14.8 Å². The van der Waals surface area contributed by atoms with Crippen LogP contribution in [-0.4, -0.2) is 35.6 Å². The minimum absolute atomic E-state index is 0.349. The number of esters is 1. The molecule has 0 unspecified atom stereocenters. The van der Waals surface area contributed by atoms with Crippen LogP contribution < -0.4 is 10.2 Å². The standard InChI is InChI=1S/C18H22N4O2/c1-2-24-18(23)15-6-7-16(20-13-15)19-11-14-5-8-17(21-12-14)22-9-3-4-10-22/h5-8,12-13H,2-4,9-11H2,1H3,(H,19,20). The number of hydrogen-bond acceptors (Lipinski definition) is 6. The summed E-state index contributed by atoms with van der Waals surface area (Å²) in [6, 6.07) is 7.64. The van der Waals surface area contributed by atoms with Gasteiger partial charge in [-0.1, -0.05) is 6.07 Å². The molecule has 24 heavy (non-hydrogen) atoms. The molecule has 6 nitrogen and oxygen atoms in total. The molecule has 126 valence electrons. The molecule has 3 heterocycles. The molecule has 1 aliphatic rings. The number of rotatable bonds is 6. The molecule has 0 amide bonds. The molecule has 1 fully saturated rings. The van der Waals surface area contributed by atoms with Crippen molar-refractivity contribution in [2.24, 2.45) is 0 Å². The molecule has 1 aliphatic heterocycles. The molecular weight excluding hydrogens is 304 g/mol. The van der Waals surface area contributed by atoms with Crippen LogP contribution in [0.2, 0.25) is 0 Å². The van der Waals surface area contributed by atoms with Crippen molar-refractivity contribution in [2.45, 2.75) is 26.3 Å². The molecule has 2 aromatic rings. The Morgan fingerprint density at radius 3 is 2.62 bits per heavy atom. The van der Waals surface area contributed by atoms with Gasteiger partial charge in [0.15, 0.2) is 0 Å². The number of carbonyl (C=O) groups excluding carboxylic acids is 1. The van der Waals surface area contributed by atoms with Gasteiger partial charge in [-0.15, -0.1) is 0 Å². The van der Waals surface area contributed by atoms with Crippen molar-refractivity contribution < 1.29 is 9.53 Å². The van der Waals surface area contributed by atoms with Crippen LogP contribution in [0.1, 0.15) is 35.7 Å². The van der Waals surface area contributed by atoms with Crippen molar-refractivity contribution in [3.63, 3.8) is 0 Å². The highest BCUT2D eigenvalue weighted by molar-refractivity contribution is 5.89. The number of aromatic nitrogens is 2. The van der Waals surface area contributed by atoms with Crippen molar-refractivity contribution in [1.29, 1.82) is 0 Å². The molecule has 0 aliphatic carbocycles. The number of carbonyl (C=O) groups is 1. The SMILES string of the molecule is CCOC(=O)c1ccc(NCc2ccc(N3CCCC3)nc2)nc1. The molecule has 1 N–H and O–H groups in total. The quantitative estimate of drug-likeness (QED) is 0.823. The van der Waals surface area contributed by atoms with Crippen LogP contribution in [-0.2, 0) is 11.3 Å². The summed E-state index contributed by atoms with van der Waals surface area (Å²) >= 11 is 0. The van der Waals surface area contributed by atoms with E-state index in [-0.39, 0.29) is 5.97 Å². The largest absolute Gasteiger partial charge is 0.462 e. The summed E-state index contributed by atoms with van der Waals surface area (Å²) in [4.78, 5) is 22.7. The zero-order valence-corrected chi connectivity index (χ0v) is 13.9. The lowest BCUT2D eigenvalue weighted by molar-refractivity contribution is 0.0526. The Hall–Kier alpha value is -2.63. The van der Waals surface area contributed by atoms with Crippen molar-refractivity contribution in [3.8, 4) is 0 Å². The van der Waals surface area contributed by atoms with Crippen LogP contribution in [0.4, 0.5) is 11.6 Å². The van der Waals surface area contributed by atoms with E-state index in [1.165, 1.54) is 19.0 Å². The minimum Gasteiger partial charge on any atom is -0.462 e. The fraction of sp³-hybridized carbons (Fsp3) is 0.389. The molecule has 0 spiro atoms. The van der Waals surface area contributed by atoms with Crippen LogP contribution in [0.3, 0.4) is 0 Å². The average Bonchev–Trinajstić information content (AvgIpc) is 3.16. The smallest absolute Gasteiger partial charge is 0.339 e. The number of ether oxygens (including phenoxy) is 1. The van der Waals surface area contributed by atoms with E-state index >= 15 is 0 Å². The number of hydrogen-bond donors (Lipinski definition) is 1. The Labute approximate surface area is 141 Å². The molecule has 0 radical (unpaired) electrons. The van der Waals surface area contributed by atoms with Crippen molar-refractivity contribution >= 4 is 17.6 Å². The number of nitrogens with zero attached hydrogens (tertiary/aromatic N) is 3. The first-order chi connectivity index (χ1) is 11.8. The zero-order chi connectivity index (χ0) is 16.8. The van der Waals surface area contributed by atoms with Gasteiger partial charge < -0.3 is 15.0 Å². The maximum atomic E-state index is 11.6. The monoisotopic (exact) mass is 326 g/mol. The molecule has 0 bridgehead atoms. The average molecular weight is 326 g/mol. The van der Waals surface area contributed by atoms with Crippen LogP contribution in [0.5, 0.6) is 0 Å². The zero-order valence-electron chi connectivity index (χ0n) is 13.9. The van der Waals surface area contributed by atoms with Crippen LogP contribution in [0, 0.1) is 0 Å². The number of pyridine rings is 2. The highest BCUT2D eigenvalue weighted by atomic mass is 16.5.